The molecule has 0 spiro atoms. The van der Waals surface area contributed by atoms with Crippen LogP contribution in [0.15, 0.2) is 48.5 Å². The summed E-state index contributed by atoms with van der Waals surface area (Å²) in [5.41, 5.74) is 2.47. The maximum absolute atomic E-state index is 12.7. The molecule has 29 heavy (non-hydrogen) atoms. The predicted molar refractivity (Wildman–Crippen MR) is 113 cm³/mol. The van der Waals surface area contributed by atoms with Crippen LogP contribution in [0.5, 0.6) is 11.5 Å². The van der Waals surface area contributed by atoms with Gasteiger partial charge in [-0.25, -0.2) is 0 Å². The average Bonchev–Trinajstić information content (AvgIpc) is 3.58. The highest BCUT2D eigenvalue weighted by molar-refractivity contribution is 5.79. The molecular weight excluding hydrogens is 364 g/mol. The monoisotopic (exact) mass is 394 g/mol. The van der Waals surface area contributed by atoms with E-state index in [1.807, 2.05) is 12.1 Å². The van der Waals surface area contributed by atoms with Gasteiger partial charge in [0.25, 0.3) is 0 Å². The van der Waals surface area contributed by atoms with Crippen molar-refractivity contribution in [3.05, 3.63) is 59.7 Å². The van der Waals surface area contributed by atoms with Crippen LogP contribution in [-0.4, -0.2) is 37.6 Å². The first-order valence-electron chi connectivity index (χ1n) is 10.5. The summed E-state index contributed by atoms with van der Waals surface area (Å²) in [6.07, 6.45) is 4.11. The fraction of sp³-hybridized carbons (Fsp3) is 0.458. The Labute approximate surface area is 173 Å². The van der Waals surface area contributed by atoms with E-state index in [0.717, 1.165) is 50.3 Å². The second-order valence-corrected chi connectivity index (χ2v) is 8.10. The van der Waals surface area contributed by atoms with Crippen LogP contribution in [-0.2, 0) is 11.3 Å². The van der Waals surface area contributed by atoms with Crippen molar-refractivity contribution in [2.75, 3.05) is 20.8 Å². The van der Waals surface area contributed by atoms with Crippen molar-refractivity contribution in [1.82, 2.24) is 10.2 Å². The highest BCUT2D eigenvalue weighted by Crippen LogP contribution is 2.38. The molecule has 1 heterocycles. The number of methoxy groups -OCH3 is 2. The van der Waals surface area contributed by atoms with Gasteiger partial charge < -0.3 is 14.8 Å². The van der Waals surface area contributed by atoms with Crippen LogP contribution >= 0.6 is 0 Å². The van der Waals surface area contributed by atoms with Crippen LogP contribution in [0.1, 0.15) is 42.9 Å². The number of nitrogens with one attached hydrogen (secondary N) is 1. The lowest BCUT2D eigenvalue weighted by atomic mass is 9.87. The van der Waals surface area contributed by atoms with E-state index in [2.05, 4.69) is 46.6 Å². The molecule has 2 unspecified atom stereocenters. The topological polar surface area (TPSA) is 50.8 Å². The zero-order valence-electron chi connectivity index (χ0n) is 17.3. The Hall–Kier alpha value is -2.53. The van der Waals surface area contributed by atoms with Crippen LogP contribution in [0.2, 0.25) is 0 Å². The Morgan fingerprint density at radius 2 is 1.76 bits per heavy atom. The smallest absolute Gasteiger partial charge is 0.224 e. The molecule has 0 bridgehead atoms. The van der Waals surface area contributed by atoms with Crippen molar-refractivity contribution < 1.29 is 14.3 Å². The van der Waals surface area contributed by atoms with Crippen LogP contribution in [0.25, 0.3) is 0 Å². The number of hydrogen-bond donors (Lipinski definition) is 1. The average molecular weight is 395 g/mol. The molecule has 2 atom stereocenters. The molecule has 1 aliphatic carbocycles. The van der Waals surface area contributed by atoms with E-state index in [-0.39, 0.29) is 17.9 Å². The van der Waals surface area contributed by atoms with Crippen molar-refractivity contribution in [1.29, 1.82) is 0 Å². The fourth-order valence-electron chi connectivity index (χ4n) is 4.23. The standard InChI is InChI=1S/C24H30N2O3/c1-28-22-13-9-18(14-23(22)29-2)21-12-8-19(24(27)25-20-10-11-20)16-26(21)15-17-6-4-3-5-7-17/h3-7,9,13-14,19-21H,8,10-12,15-16H2,1-2H3,(H,25,27). The third kappa shape index (κ3) is 4.73. The molecule has 1 aliphatic heterocycles. The number of benzene rings is 2. The number of piperidine rings is 1. The number of likely N-dealkylation sites (tertiary alicyclic amines) is 1. The lowest BCUT2D eigenvalue weighted by Gasteiger charge is -2.39. The molecule has 1 amide bonds. The SMILES string of the molecule is COc1ccc(C2CCC(C(=O)NC3CC3)CN2Cc2ccccc2)cc1OC. The number of rotatable bonds is 7. The molecule has 5 nitrogen and oxygen atoms in total. The van der Waals surface area contributed by atoms with Crippen molar-refractivity contribution in [2.24, 2.45) is 5.92 Å². The molecule has 0 aromatic heterocycles. The summed E-state index contributed by atoms with van der Waals surface area (Å²) in [5.74, 6) is 1.76. The van der Waals surface area contributed by atoms with E-state index in [9.17, 15) is 4.79 Å². The highest BCUT2D eigenvalue weighted by Gasteiger charge is 2.35. The first kappa shape index (κ1) is 19.8. The summed E-state index contributed by atoms with van der Waals surface area (Å²) in [7, 11) is 3.32. The highest BCUT2D eigenvalue weighted by atomic mass is 16.5. The molecule has 0 radical (unpaired) electrons. The Morgan fingerprint density at radius 3 is 2.45 bits per heavy atom. The molecular formula is C24H30N2O3. The molecule has 1 saturated carbocycles. The van der Waals surface area contributed by atoms with E-state index in [1.54, 1.807) is 14.2 Å². The van der Waals surface area contributed by atoms with Gasteiger partial charge >= 0.3 is 0 Å². The molecule has 5 heteroatoms. The van der Waals surface area contributed by atoms with Gasteiger partial charge in [-0.3, -0.25) is 9.69 Å². The van der Waals surface area contributed by atoms with E-state index < -0.39 is 0 Å². The van der Waals surface area contributed by atoms with Gasteiger partial charge in [0.05, 0.1) is 20.1 Å². The number of carbonyl (C=O) groups is 1. The van der Waals surface area contributed by atoms with Gasteiger partial charge in [0, 0.05) is 25.2 Å². The van der Waals surface area contributed by atoms with Gasteiger partial charge in [-0.1, -0.05) is 36.4 Å². The number of ether oxygens (including phenoxy) is 2. The summed E-state index contributed by atoms with van der Waals surface area (Å²) in [6, 6.07) is 17.3. The van der Waals surface area contributed by atoms with Crippen molar-refractivity contribution in [2.45, 2.75) is 44.3 Å². The zero-order chi connectivity index (χ0) is 20.2. The maximum atomic E-state index is 12.7. The Balaban J connectivity index is 1.56. The van der Waals surface area contributed by atoms with E-state index >= 15 is 0 Å². The largest absolute Gasteiger partial charge is 0.493 e. The van der Waals surface area contributed by atoms with Crippen LogP contribution in [0, 0.1) is 5.92 Å². The zero-order valence-corrected chi connectivity index (χ0v) is 17.3. The van der Waals surface area contributed by atoms with Gasteiger partial charge in [0.1, 0.15) is 0 Å². The minimum atomic E-state index is 0.0516. The Kier molecular flexibility index (Phi) is 6.05. The first-order valence-corrected chi connectivity index (χ1v) is 10.5. The molecule has 1 N–H and O–H groups in total. The molecule has 2 aliphatic rings. The van der Waals surface area contributed by atoms with Crippen molar-refractivity contribution >= 4 is 5.91 Å². The van der Waals surface area contributed by atoms with Gasteiger partial charge in [0.2, 0.25) is 5.91 Å². The molecule has 4 rings (SSSR count). The third-order valence-corrected chi connectivity index (χ3v) is 6.00. The molecule has 2 fully saturated rings. The van der Waals surface area contributed by atoms with E-state index in [1.165, 1.54) is 11.1 Å². The summed E-state index contributed by atoms with van der Waals surface area (Å²) < 4.78 is 10.9. The van der Waals surface area contributed by atoms with Crippen molar-refractivity contribution in [3.8, 4) is 11.5 Å². The van der Waals surface area contributed by atoms with Crippen LogP contribution in [0.4, 0.5) is 0 Å². The Bertz CT molecular complexity index is 835. The number of amides is 1. The minimum absolute atomic E-state index is 0.0516. The van der Waals surface area contributed by atoms with Crippen molar-refractivity contribution in [3.63, 3.8) is 0 Å². The third-order valence-electron chi connectivity index (χ3n) is 6.00. The summed E-state index contributed by atoms with van der Waals surface area (Å²) in [6.45, 7) is 1.60. The van der Waals surface area contributed by atoms with Crippen LogP contribution in [0.3, 0.4) is 0 Å². The summed E-state index contributed by atoms with van der Waals surface area (Å²) >= 11 is 0. The van der Waals surface area contributed by atoms with Gasteiger partial charge in [-0.15, -0.1) is 0 Å². The minimum Gasteiger partial charge on any atom is -0.493 e. The van der Waals surface area contributed by atoms with Gasteiger partial charge in [-0.2, -0.15) is 0 Å². The quantitative estimate of drug-likeness (QED) is 0.773. The fourth-order valence-corrected chi connectivity index (χ4v) is 4.23. The number of carbonyl (C=O) groups excluding carboxylic acids is 1. The summed E-state index contributed by atoms with van der Waals surface area (Å²) in [5, 5.41) is 3.19. The van der Waals surface area contributed by atoms with E-state index in [0.29, 0.717) is 6.04 Å². The molecule has 2 aromatic rings. The number of hydrogen-bond acceptors (Lipinski definition) is 4. The maximum Gasteiger partial charge on any atom is 0.224 e. The summed E-state index contributed by atoms with van der Waals surface area (Å²) in [4.78, 5) is 15.1. The second kappa shape index (κ2) is 8.87. The molecule has 154 valence electrons. The molecule has 1 saturated heterocycles. The van der Waals surface area contributed by atoms with Crippen LogP contribution < -0.4 is 14.8 Å². The second-order valence-electron chi connectivity index (χ2n) is 8.10. The number of nitrogens with zero attached hydrogens (tertiary/aromatic N) is 1. The lowest BCUT2D eigenvalue weighted by Crippen LogP contribution is -2.44. The lowest BCUT2D eigenvalue weighted by molar-refractivity contribution is -0.127. The normalized spacial score (nSPS) is 22.1. The van der Waals surface area contributed by atoms with Gasteiger partial charge in [0.15, 0.2) is 11.5 Å². The van der Waals surface area contributed by atoms with E-state index in [4.69, 9.17) is 9.47 Å². The Morgan fingerprint density at radius 1 is 1.00 bits per heavy atom. The predicted octanol–water partition coefficient (Wildman–Crippen LogP) is 3.94. The van der Waals surface area contributed by atoms with Gasteiger partial charge in [-0.05, 0) is 48.9 Å². The first-order chi connectivity index (χ1) is 14.2. The molecule has 2 aromatic carbocycles.